The van der Waals surface area contributed by atoms with Gasteiger partial charge in [-0.25, -0.2) is 0 Å². The van der Waals surface area contributed by atoms with Crippen molar-refractivity contribution in [1.29, 1.82) is 0 Å². The molecular weight excluding hydrogens is 287 g/mol. The quantitative estimate of drug-likeness (QED) is 0.849. The lowest BCUT2D eigenvalue weighted by Gasteiger charge is -2.22. The van der Waals surface area contributed by atoms with Crippen molar-refractivity contribution in [1.82, 2.24) is 0 Å². The molecule has 0 aliphatic heterocycles. The van der Waals surface area contributed by atoms with Crippen LogP contribution in [-0.2, 0) is 0 Å². The maximum absolute atomic E-state index is 9.92. The molecule has 0 heterocycles. The van der Waals surface area contributed by atoms with E-state index in [2.05, 4.69) is 53.8 Å². The van der Waals surface area contributed by atoms with Gasteiger partial charge in [0.15, 0.2) is 0 Å². The third kappa shape index (κ3) is 2.95. The molecule has 1 N–H and O–H groups in total. The third-order valence-corrected chi connectivity index (χ3v) is 3.31. The molecule has 0 fully saturated rings. The van der Waals surface area contributed by atoms with Crippen molar-refractivity contribution in [2.45, 2.75) is 32.8 Å². The lowest BCUT2D eigenvalue weighted by atomic mass is 9.89. The van der Waals surface area contributed by atoms with Gasteiger partial charge in [0.05, 0.1) is 6.10 Å². The highest BCUT2D eigenvalue weighted by atomic mass is 127. The van der Waals surface area contributed by atoms with Crippen LogP contribution in [0.25, 0.3) is 0 Å². The molecular formula is C12H17IO. The second-order valence-electron chi connectivity index (χ2n) is 4.07. The molecule has 1 rings (SSSR count). The van der Waals surface area contributed by atoms with Gasteiger partial charge in [-0.05, 0) is 46.2 Å². The lowest BCUT2D eigenvalue weighted by molar-refractivity contribution is 0.102. The van der Waals surface area contributed by atoms with Crippen molar-refractivity contribution in [2.24, 2.45) is 5.92 Å². The first-order valence-corrected chi connectivity index (χ1v) is 6.03. The van der Waals surface area contributed by atoms with Crippen LogP contribution in [-0.4, -0.2) is 11.2 Å². The molecule has 0 bridgehead atoms. The molecule has 0 saturated heterocycles. The molecule has 0 amide bonds. The monoisotopic (exact) mass is 304 g/mol. The smallest absolute Gasteiger partial charge is 0.0628 e. The van der Waals surface area contributed by atoms with Crippen molar-refractivity contribution in [3.63, 3.8) is 0 Å². The number of benzene rings is 1. The highest BCUT2D eigenvalue weighted by Gasteiger charge is 2.18. The Balaban J connectivity index is 2.78. The summed E-state index contributed by atoms with van der Waals surface area (Å²) in [4.78, 5) is 0. The molecule has 1 nitrogen and oxygen atoms in total. The van der Waals surface area contributed by atoms with Gasteiger partial charge in [0, 0.05) is 9.49 Å². The lowest BCUT2D eigenvalue weighted by Crippen LogP contribution is -2.21. The van der Waals surface area contributed by atoms with E-state index < -0.39 is 0 Å². The Hall–Kier alpha value is -0.0900. The van der Waals surface area contributed by atoms with E-state index in [9.17, 15) is 5.11 Å². The van der Waals surface area contributed by atoms with Gasteiger partial charge < -0.3 is 5.11 Å². The number of hydrogen-bond acceptors (Lipinski definition) is 1. The maximum atomic E-state index is 9.92. The first-order valence-electron chi connectivity index (χ1n) is 4.96. The van der Waals surface area contributed by atoms with Crippen LogP contribution in [0.5, 0.6) is 0 Å². The molecule has 1 aromatic carbocycles. The van der Waals surface area contributed by atoms with Crippen molar-refractivity contribution < 1.29 is 5.11 Å². The van der Waals surface area contributed by atoms with E-state index in [0.29, 0.717) is 5.92 Å². The van der Waals surface area contributed by atoms with E-state index in [1.165, 1.54) is 9.13 Å². The summed E-state index contributed by atoms with van der Waals surface area (Å²) in [7, 11) is 0. The Bertz CT molecular complexity index is 279. The van der Waals surface area contributed by atoms with Crippen LogP contribution in [0.2, 0.25) is 0 Å². The Morgan fingerprint density at radius 1 is 1.07 bits per heavy atom. The minimum Gasteiger partial charge on any atom is -0.392 e. The molecule has 2 heteroatoms. The fourth-order valence-corrected chi connectivity index (χ4v) is 1.90. The van der Waals surface area contributed by atoms with Gasteiger partial charge in [-0.1, -0.05) is 32.9 Å². The molecule has 14 heavy (non-hydrogen) atoms. The normalized spacial score (nSPS) is 15.6. The van der Waals surface area contributed by atoms with E-state index in [1.54, 1.807) is 0 Å². The summed E-state index contributed by atoms with van der Waals surface area (Å²) in [6.07, 6.45) is -0.255. The minimum atomic E-state index is -0.255. The van der Waals surface area contributed by atoms with E-state index >= 15 is 0 Å². The summed E-state index contributed by atoms with van der Waals surface area (Å²) >= 11 is 2.29. The van der Waals surface area contributed by atoms with Crippen molar-refractivity contribution in [3.8, 4) is 0 Å². The van der Waals surface area contributed by atoms with E-state index in [4.69, 9.17) is 0 Å². The van der Waals surface area contributed by atoms with Crippen LogP contribution >= 0.6 is 22.6 Å². The molecule has 78 valence electrons. The molecule has 0 aromatic heterocycles. The van der Waals surface area contributed by atoms with Gasteiger partial charge in [0.25, 0.3) is 0 Å². The van der Waals surface area contributed by atoms with Crippen molar-refractivity contribution >= 4 is 22.6 Å². The zero-order chi connectivity index (χ0) is 10.7. The van der Waals surface area contributed by atoms with Crippen LogP contribution in [0.15, 0.2) is 24.3 Å². The number of aliphatic hydroxyl groups excluding tert-OH is 1. The van der Waals surface area contributed by atoms with Crippen LogP contribution in [0.4, 0.5) is 0 Å². The summed E-state index contributed by atoms with van der Waals surface area (Å²) in [6, 6.07) is 8.36. The Morgan fingerprint density at radius 2 is 1.57 bits per heavy atom. The largest absolute Gasteiger partial charge is 0.392 e. The molecule has 0 aliphatic carbocycles. The van der Waals surface area contributed by atoms with Crippen LogP contribution < -0.4 is 0 Å². The van der Waals surface area contributed by atoms with Crippen LogP contribution in [0, 0.1) is 9.49 Å². The molecule has 2 atom stereocenters. The van der Waals surface area contributed by atoms with Gasteiger partial charge in [-0.15, -0.1) is 0 Å². The fraction of sp³-hybridized carbons (Fsp3) is 0.500. The average Bonchev–Trinajstić information content (AvgIpc) is 2.16. The molecule has 2 unspecified atom stereocenters. The Kier molecular flexibility index (Phi) is 4.38. The van der Waals surface area contributed by atoms with Crippen molar-refractivity contribution in [3.05, 3.63) is 33.4 Å². The first-order chi connectivity index (χ1) is 6.52. The number of halogens is 1. The molecule has 0 radical (unpaired) electrons. The topological polar surface area (TPSA) is 20.2 Å². The van der Waals surface area contributed by atoms with Gasteiger partial charge in [-0.3, -0.25) is 0 Å². The summed E-state index contributed by atoms with van der Waals surface area (Å²) in [5.41, 5.74) is 1.21. The minimum absolute atomic E-state index is 0.215. The van der Waals surface area contributed by atoms with Gasteiger partial charge in [0.1, 0.15) is 0 Å². The van der Waals surface area contributed by atoms with Crippen LogP contribution in [0.3, 0.4) is 0 Å². The number of rotatable bonds is 3. The third-order valence-electron chi connectivity index (χ3n) is 2.59. The van der Waals surface area contributed by atoms with Gasteiger partial charge >= 0.3 is 0 Å². The highest BCUT2D eigenvalue weighted by molar-refractivity contribution is 14.1. The number of aliphatic hydroxyl groups is 1. The highest BCUT2D eigenvalue weighted by Crippen LogP contribution is 2.24. The Morgan fingerprint density at radius 3 is 2.00 bits per heavy atom. The van der Waals surface area contributed by atoms with Crippen molar-refractivity contribution in [2.75, 3.05) is 0 Å². The molecule has 1 aromatic rings. The Labute approximate surface area is 99.7 Å². The molecule has 0 spiro atoms. The van der Waals surface area contributed by atoms with Gasteiger partial charge in [-0.2, -0.15) is 0 Å². The fourth-order valence-electron chi connectivity index (χ4n) is 1.54. The molecule has 0 saturated carbocycles. The second kappa shape index (κ2) is 5.12. The zero-order valence-corrected chi connectivity index (χ0v) is 11.0. The predicted molar refractivity (Wildman–Crippen MR) is 68.4 cm³/mol. The second-order valence-corrected chi connectivity index (χ2v) is 5.32. The van der Waals surface area contributed by atoms with Crippen LogP contribution in [0.1, 0.15) is 32.3 Å². The first kappa shape index (κ1) is 12.0. The maximum Gasteiger partial charge on any atom is 0.0628 e. The molecule has 0 aliphatic rings. The summed E-state index contributed by atoms with van der Waals surface area (Å²) in [6.45, 7) is 6.18. The average molecular weight is 304 g/mol. The van der Waals surface area contributed by atoms with E-state index in [1.807, 2.05) is 13.8 Å². The summed E-state index contributed by atoms with van der Waals surface area (Å²) < 4.78 is 1.23. The SMILES string of the molecule is CC(C)C(O)C(C)c1ccc(I)cc1. The predicted octanol–water partition coefficient (Wildman–Crippen LogP) is 3.41. The van der Waals surface area contributed by atoms with E-state index in [-0.39, 0.29) is 12.0 Å². The summed E-state index contributed by atoms with van der Waals surface area (Å²) in [5, 5.41) is 9.92. The van der Waals surface area contributed by atoms with E-state index in [0.717, 1.165) is 0 Å². The number of hydrogen-bond donors (Lipinski definition) is 1. The zero-order valence-electron chi connectivity index (χ0n) is 8.87. The standard InChI is InChI=1S/C12H17IO/c1-8(2)12(14)9(3)10-4-6-11(13)7-5-10/h4-9,12,14H,1-3H3. The van der Waals surface area contributed by atoms with Gasteiger partial charge in [0.2, 0.25) is 0 Å². The summed E-state index contributed by atoms with van der Waals surface area (Å²) in [5.74, 6) is 0.524.